The topological polar surface area (TPSA) is 49.4 Å². The number of nitrogens with zero attached hydrogens (tertiary/aromatic N) is 1. The van der Waals surface area contributed by atoms with Gasteiger partial charge in [-0.1, -0.05) is 19.8 Å². The Bertz CT molecular complexity index is 405. The summed E-state index contributed by atoms with van der Waals surface area (Å²) < 4.78 is 27.4. The van der Waals surface area contributed by atoms with Crippen molar-refractivity contribution in [2.45, 2.75) is 81.7 Å². The number of hydrogen-bond donors (Lipinski definition) is 1. The molecule has 5 heteroatoms. The summed E-state index contributed by atoms with van der Waals surface area (Å²) in [7, 11) is -3.06. The van der Waals surface area contributed by atoms with Crippen LogP contribution < -0.4 is 5.32 Å². The van der Waals surface area contributed by atoms with Crippen molar-refractivity contribution in [3.63, 3.8) is 0 Å². The number of sulfonamides is 1. The van der Waals surface area contributed by atoms with E-state index >= 15 is 0 Å². The zero-order valence-electron chi connectivity index (χ0n) is 11.8. The van der Waals surface area contributed by atoms with E-state index in [1.807, 2.05) is 11.2 Å². The quantitative estimate of drug-likeness (QED) is 0.858. The molecule has 3 fully saturated rings. The van der Waals surface area contributed by atoms with Crippen LogP contribution in [0.5, 0.6) is 0 Å². The second-order valence-electron chi connectivity index (χ2n) is 6.42. The number of fused-ring (bicyclic) bond motifs is 2. The van der Waals surface area contributed by atoms with Gasteiger partial charge in [0.25, 0.3) is 0 Å². The first-order valence-electron chi connectivity index (χ1n) is 7.88. The van der Waals surface area contributed by atoms with Crippen LogP contribution in [0.15, 0.2) is 0 Å². The van der Waals surface area contributed by atoms with E-state index in [0.29, 0.717) is 18.6 Å². The molecule has 2 aliphatic heterocycles. The molecular weight excluding hydrogens is 260 g/mol. The van der Waals surface area contributed by atoms with E-state index in [4.69, 9.17) is 0 Å². The van der Waals surface area contributed by atoms with Crippen molar-refractivity contribution < 1.29 is 8.42 Å². The maximum atomic E-state index is 12.8. The minimum Gasteiger partial charge on any atom is -0.311 e. The average Bonchev–Trinajstić information content (AvgIpc) is 3.00. The zero-order chi connectivity index (χ0) is 13.5. The van der Waals surface area contributed by atoms with Crippen molar-refractivity contribution in [1.82, 2.24) is 9.62 Å². The van der Waals surface area contributed by atoms with Gasteiger partial charge in [0, 0.05) is 24.7 Å². The van der Waals surface area contributed by atoms with Gasteiger partial charge >= 0.3 is 0 Å². The monoisotopic (exact) mass is 286 g/mol. The third-order valence-electron chi connectivity index (χ3n) is 5.22. The van der Waals surface area contributed by atoms with E-state index < -0.39 is 10.0 Å². The SMILES string of the molecule is CCN(C1CC2CCC(C1)N2)S(=O)(=O)C1CCCC1. The van der Waals surface area contributed by atoms with Crippen molar-refractivity contribution in [1.29, 1.82) is 0 Å². The Labute approximate surface area is 117 Å². The smallest absolute Gasteiger partial charge is 0.217 e. The highest BCUT2D eigenvalue weighted by Gasteiger charge is 2.42. The molecule has 2 bridgehead atoms. The molecule has 2 heterocycles. The molecule has 0 aromatic rings. The standard InChI is InChI=1S/C14H26N2O2S/c1-2-16(19(17,18)14-5-3-4-6-14)13-9-11-7-8-12(10-13)15-11/h11-15H,2-10H2,1H3. The highest BCUT2D eigenvalue weighted by molar-refractivity contribution is 7.89. The Hall–Kier alpha value is -0.130. The maximum Gasteiger partial charge on any atom is 0.217 e. The molecule has 0 amide bonds. The molecule has 0 radical (unpaired) electrons. The second kappa shape index (κ2) is 5.34. The van der Waals surface area contributed by atoms with Crippen LogP contribution >= 0.6 is 0 Å². The molecule has 110 valence electrons. The van der Waals surface area contributed by atoms with Crippen molar-refractivity contribution in [2.75, 3.05) is 6.54 Å². The highest BCUT2D eigenvalue weighted by atomic mass is 32.2. The lowest BCUT2D eigenvalue weighted by Crippen LogP contribution is -2.51. The van der Waals surface area contributed by atoms with Gasteiger partial charge in [-0.3, -0.25) is 0 Å². The lowest BCUT2D eigenvalue weighted by atomic mass is 10.00. The normalized spacial score (nSPS) is 36.2. The summed E-state index contributed by atoms with van der Waals surface area (Å²) in [6.07, 6.45) is 8.38. The van der Waals surface area contributed by atoms with Crippen LogP contribution in [-0.4, -0.2) is 42.6 Å². The van der Waals surface area contributed by atoms with Gasteiger partial charge in [-0.15, -0.1) is 0 Å². The molecule has 0 spiro atoms. The van der Waals surface area contributed by atoms with Gasteiger partial charge in [0.05, 0.1) is 5.25 Å². The lowest BCUT2D eigenvalue weighted by Gasteiger charge is -2.37. The predicted molar refractivity (Wildman–Crippen MR) is 76.5 cm³/mol. The van der Waals surface area contributed by atoms with E-state index in [-0.39, 0.29) is 11.3 Å². The Balaban J connectivity index is 1.76. The first kappa shape index (κ1) is 13.8. The van der Waals surface area contributed by atoms with Gasteiger partial charge in [-0.25, -0.2) is 8.42 Å². The summed E-state index contributed by atoms with van der Waals surface area (Å²) >= 11 is 0. The molecular formula is C14H26N2O2S. The van der Waals surface area contributed by atoms with E-state index in [1.54, 1.807) is 0 Å². The third-order valence-corrected chi connectivity index (χ3v) is 7.74. The molecule has 2 saturated heterocycles. The van der Waals surface area contributed by atoms with Gasteiger partial charge in [0.15, 0.2) is 0 Å². The van der Waals surface area contributed by atoms with Crippen LogP contribution in [0.25, 0.3) is 0 Å². The summed E-state index contributed by atoms with van der Waals surface area (Å²) in [6, 6.07) is 1.35. The van der Waals surface area contributed by atoms with Crippen LogP contribution in [0, 0.1) is 0 Å². The van der Waals surface area contributed by atoms with Gasteiger partial charge < -0.3 is 5.32 Å². The minimum atomic E-state index is -3.06. The third kappa shape index (κ3) is 2.57. The summed E-state index contributed by atoms with van der Waals surface area (Å²) in [5, 5.41) is 3.50. The molecule has 0 aromatic carbocycles. The highest BCUT2D eigenvalue weighted by Crippen LogP contribution is 2.34. The number of hydrogen-bond acceptors (Lipinski definition) is 3. The molecule has 1 saturated carbocycles. The van der Waals surface area contributed by atoms with E-state index in [9.17, 15) is 8.42 Å². The van der Waals surface area contributed by atoms with Crippen molar-refractivity contribution in [3.8, 4) is 0 Å². The number of piperidine rings is 1. The Morgan fingerprint density at radius 3 is 2.16 bits per heavy atom. The fraction of sp³-hybridized carbons (Fsp3) is 1.00. The van der Waals surface area contributed by atoms with Crippen LogP contribution in [0.4, 0.5) is 0 Å². The van der Waals surface area contributed by atoms with Crippen LogP contribution in [-0.2, 0) is 10.0 Å². The summed E-state index contributed by atoms with van der Waals surface area (Å²) in [5.74, 6) is 0. The van der Waals surface area contributed by atoms with Crippen LogP contribution in [0.3, 0.4) is 0 Å². The maximum absolute atomic E-state index is 12.8. The molecule has 1 N–H and O–H groups in total. The molecule has 4 nitrogen and oxygen atoms in total. The predicted octanol–water partition coefficient (Wildman–Crippen LogP) is 1.86. The number of rotatable bonds is 4. The first-order chi connectivity index (χ1) is 9.11. The fourth-order valence-electron chi connectivity index (χ4n) is 4.29. The van der Waals surface area contributed by atoms with Crippen molar-refractivity contribution >= 4 is 10.0 Å². The van der Waals surface area contributed by atoms with E-state index in [2.05, 4.69) is 5.32 Å². The Morgan fingerprint density at radius 1 is 1.05 bits per heavy atom. The van der Waals surface area contributed by atoms with Gasteiger partial charge in [-0.05, 0) is 38.5 Å². The molecule has 19 heavy (non-hydrogen) atoms. The molecule has 1 aliphatic carbocycles. The van der Waals surface area contributed by atoms with E-state index in [1.165, 1.54) is 12.8 Å². The molecule has 3 rings (SSSR count). The van der Waals surface area contributed by atoms with Gasteiger partial charge in [-0.2, -0.15) is 4.31 Å². The summed E-state index contributed by atoms with van der Waals surface area (Å²) in [6.45, 7) is 2.64. The molecule has 3 aliphatic rings. The summed E-state index contributed by atoms with van der Waals surface area (Å²) in [4.78, 5) is 0. The minimum absolute atomic E-state index is 0.0972. The van der Waals surface area contributed by atoms with Gasteiger partial charge in [0.1, 0.15) is 0 Å². The van der Waals surface area contributed by atoms with Gasteiger partial charge in [0.2, 0.25) is 10.0 Å². The lowest BCUT2D eigenvalue weighted by molar-refractivity contribution is 0.230. The molecule has 0 aromatic heterocycles. The Morgan fingerprint density at radius 2 is 1.63 bits per heavy atom. The fourth-order valence-corrected chi connectivity index (χ4v) is 6.55. The molecule has 2 unspecified atom stereocenters. The Kier molecular flexibility index (Phi) is 3.89. The van der Waals surface area contributed by atoms with Crippen molar-refractivity contribution in [3.05, 3.63) is 0 Å². The van der Waals surface area contributed by atoms with Crippen molar-refractivity contribution in [2.24, 2.45) is 0 Å². The van der Waals surface area contributed by atoms with Crippen LogP contribution in [0.2, 0.25) is 0 Å². The second-order valence-corrected chi connectivity index (χ2v) is 8.58. The summed E-state index contributed by atoms with van der Waals surface area (Å²) in [5.41, 5.74) is 0. The van der Waals surface area contributed by atoms with E-state index in [0.717, 1.165) is 38.5 Å². The zero-order valence-corrected chi connectivity index (χ0v) is 12.7. The first-order valence-corrected chi connectivity index (χ1v) is 9.38. The number of nitrogens with one attached hydrogen (secondary N) is 1. The van der Waals surface area contributed by atoms with Crippen LogP contribution in [0.1, 0.15) is 58.3 Å². The largest absolute Gasteiger partial charge is 0.311 e. The average molecular weight is 286 g/mol. The molecule has 2 atom stereocenters.